The number of nitrogens with one attached hydrogen (secondary N) is 1. The van der Waals surface area contributed by atoms with E-state index in [2.05, 4.69) is 43.5 Å². The van der Waals surface area contributed by atoms with E-state index in [4.69, 9.17) is 4.74 Å². The summed E-state index contributed by atoms with van der Waals surface area (Å²) >= 11 is 0. The number of hydrogen-bond acceptors (Lipinski definition) is 5. The van der Waals surface area contributed by atoms with Crippen LogP contribution in [0.15, 0.2) is 24.3 Å². The van der Waals surface area contributed by atoms with Crippen LogP contribution in [0.5, 0.6) is 0 Å². The van der Waals surface area contributed by atoms with Gasteiger partial charge in [-0.3, -0.25) is 9.59 Å². The molecule has 0 aliphatic rings. The third kappa shape index (κ3) is 47.7. The van der Waals surface area contributed by atoms with E-state index in [0.29, 0.717) is 25.9 Å². The zero-order valence-electron chi connectivity index (χ0n) is 40.9. The Labute approximate surface area is 380 Å². The second kappa shape index (κ2) is 51.0. The van der Waals surface area contributed by atoms with Gasteiger partial charge in [0.2, 0.25) is 5.91 Å². The maximum atomic E-state index is 12.5. The van der Waals surface area contributed by atoms with E-state index in [1.54, 1.807) is 0 Å². The third-order valence-electron chi connectivity index (χ3n) is 12.5. The standard InChI is InChI=1S/C55H105NO5/c1-3-5-7-9-11-13-15-17-18-19-20-21-22-23-24-26-27-31-35-39-43-47-53(58)52(51-57)56-54(59)48-44-40-36-32-29-30-34-38-42-46-50-61-55(60)49-45-41-37-33-28-25-16-14-12-10-8-6-4-2/h8,10,14,16,52-53,57-58H,3-7,9,11-13,15,17-51H2,1-2H3,(H,56,59)/b10-8-,16-14-. The topological polar surface area (TPSA) is 95.9 Å². The van der Waals surface area contributed by atoms with Gasteiger partial charge in [-0.1, -0.05) is 250 Å². The average molecular weight is 860 g/mol. The number of carbonyl (C=O) groups excluding carboxylic acids is 2. The van der Waals surface area contributed by atoms with E-state index in [0.717, 1.165) is 70.6 Å². The van der Waals surface area contributed by atoms with Crippen LogP contribution < -0.4 is 5.32 Å². The Bertz CT molecular complexity index is 951. The molecule has 0 saturated carbocycles. The maximum absolute atomic E-state index is 12.5. The van der Waals surface area contributed by atoms with Gasteiger partial charge >= 0.3 is 5.97 Å². The highest BCUT2D eigenvalue weighted by molar-refractivity contribution is 5.76. The molecule has 0 bridgehead atoms. The van der Waals surface area contributed by atoms with Crippen molar-refractivity contribution >= 4 is 11.9 Å². The molecule has 0 aliphatic heterocycles. The number of esters is 1. The number of hydrogen-bond donors (Lipinski definition) is 3. The fourth-order valence-electron chi connectivity index (χ4n) is 8.32. The molecule has 0 aromatic rings. The van der Waals surface area contributed by atoms with E-state index in [1.807, 2.05) is 0 Å². The van der Waals surface area contributed by atoms with E-state index < -0.39 is 12.1 Å². The maximum Gasteiger partial charge on any atom is 0.305 e. The van der Waals surface area contributed by atoms with E-state index in [9.17, 15) is 19.8 Å². The number of aliphatic hydroxyl groups excluding tert-OH is 2. The molecule has 61 heavy (non-hydrogen) atoms. The molecule has 0 aliphatic carbocycles. The first-order valence-corrected chi connectivity index (χ1v) is 27.1. The van der Waals surface area contributed by atoms with Crippen molar-refractivity contribution in [2.75, 3.05) is 13.2 Å². The first-order valence-electron chi connectivity index (χ1n) is 27.1. The summed E-state index contributed by atoms with van der Waals surface area (Å²) in [7, 11) is 0. The summed E-state index contributed by atoms with van der Waals surface area (Å²) in [5, 5.41) is 23.3. The second-order valence-electron chi connectivity index (χ2n) is 18.6. The first kappa shape index (κ1) is 59.3. The lowest BCUT2D eigenvalue weighted by atomic mass is 10.0. The Hall–Kier alpha value is -1.66. The largest absolute Gasteiger partial charge is 0.466 e. The highest BCUT2D eigenvalue weighted by Crippen LogP contribution is 2.17. The highest BCUT2D eigenvalue weighted by Gasteiger charge is 2.20. The lowest BCUT2D eigenvalue weighted by Gasteiger charge is -2.22. The monoisotopic (exact) mass is 860 g/mol. The molecular weight excluding hydrogens is 755 g/mol. The zero-order chi connectivity index (χ0) is 44.4. The molecule has 6 heteroatoms. The SMILES string of the molecule is CCC/C=C\C/C=C\CCCCCCCC(=O)OCCCCCCCCCCCCC(=O)NC(CO)C(O)CCCCCCCCCCCCCCCCCCCCCCC. The molecule has 1 amide bonds. The van der Waals surface area contributed by atoms with Gasteiger partial charge in [0.05, 0.1) is 25.4 Å². The smallest absolute Gasteiger partial charge is 0.305 e. The van der Waals surface area contributed by atoms with Gasteiger partial charge in [0, 0.05) is 12.8 Å². The van der Waals surface area contributed by atoms with Crippen LogP contribution >= 0.6 is 0 Å². The summed E-state index contributed by atoms with van der Waals surface area (Å²) in [5.41, 5.74) is 0. The van der Waals surface area contributed by atoms with Crippen molar-refractivity contribution in [2.45, 2.75) is 302 Å². The number of aliphatic hydroxyl groups is 2. The lowest BCUT2D eigenvalue weighted by Crippen LogP contribution is -2.45. The Kier molecular flexibility index (Phi) is 49.6. The predicted octanol–water partition coefficient (Wildman–Crippen LogP) is 16.3. The first-order chi connectivity index (χ1) is 30.0. The van der Waals surface area contributed by atoms with Crippen molar-refractivity contribution < 1.29 is 24.5 Å². The van der Waals surface area contributed by atoms with Crippen LogP contribution in [-0.4, -0.2) is 47.4 Å². The van der Waals surface area contributed by atoms with Gasteiger partial charge < -0.3 is 20.3 Å². The average Bonchev–Trinajstić information content (AvgIpc) is 3.26. The number of unbranched alkanes of at least 4 members (excludes halogenated alkanes) is 35. The summed E-state index contributed by atoms with van der Waals surface area (Å²) < 4.78 is 5.44. The number of rotatable bonds is 50. The van der Waals surface area contributed by atoms with Crippen LogP contribution in [0.3, 0.4) is 0 Å². The van der Waals surface area contributed by atoms with E-state index in [-0.39, 0.29) is 18.5 Å². The molecule has 0 rings (SSSR count). The summed E-state index contributed by atoms with van der Waals surface area (Å²) in [6, 6.07) is -0.560. The Morgan fingerprint density at radius 3 is 1.31 bits per heavy atom. The van der Waals surface area contributed by atoms with Gasteiger partial charge in [-0.15, -0.1) is 0 Å². The Morgan fingerprint density at radius 2 is 0.852 bits per heavy atom. The van der Waals surface area contributed by atoms with Gasteiger partial charge in [-0.05, 0) is 51.4 Å². The molecule has 0 aromatic carbocycles. The normalized spacial score (nSPS) is 12.8. The third-order valence-corrected chi connectivity index (χ3v) is 12.5. The molecule has 0 fully saturated rings. The quantitative estimate of drug-likeness (QED) is 0.0322. The minimum atomic E-state index is -0.680. The zero-order valence-corrected chi connectivity index (χ0v) is 40.9. The molecule has 3 N–H and O–H groups in total. The minimum Gasteiger partial charge on any atom is -0.466 e. The van der Waals surface area contributed by atoms with Crippen molar-refractivity contribution in [1.29, 1.82) is 0 Å². The van der Waals surface area contributed by atoms with Crippen molar-refractivity contribution in [3.63, 3.8) is 0 Å². The molecule has 0 radical (unpaired) electrons. The van der Waals surface area contributed by atoms with Crippen LogP contribution in [0.1, 0.15) is 290 Å². The van der Waals surface area contributed by atoms with Crippen molar-refractivity contribution in [2.24, 2.45) is 0 Å². The van der Waals surface area contributed by atoms with Gasteiger partial charge in [-0.25, -0.2) is 0 Å². The minimum absolute atomic E-state index is 0.0335. The van der Waals surface area contributed by atoms with Crippen molar-refractivity contribution in [3.8, 4) is 0 Å². The number of ether oxygens (including phenoxy) is 1. The van der Waals surface area contributed by atoms with Crippen molar-refractivity contribution in [3.05, 3.63) is 24.3 Å². The van der Waals surface area contributed by atoms with Crippen LogP contribution in [-0.2, 0) is 14.3 Å². The van der Waals surface area contributed by atoms with E-state index in [1.165, 1.54) is 186 Å². The summed E-state index contributed by atoms with van der Waals surface area (Å²) in [6.45, 7) is 4.84. The molecular formula is C55H105NO5. The molecule has 6 nitrogen and oxygen atoms in total. The molecule has 2 atom stereocenters. The number of amides is 1. The molecule has 0 spiro atoms. The lowest BCUT2D eigenvalue weighted by molar-refractivity contribution is -0.143. The van der Waals surface area contributed by atoms with Gasteiger partial charge in [0.15, 0.2) is 0 Å². The Balaban J connectivity index is 3.48. The fraction of sp³-hybridized carbons (Fsp3) is 0.891. The second-order valence-corrected chi connectivity index (χ2v) is 18.6. The Morgan fingerprint density at radius 1 is 0.459 bits per heavy atom. The van der Waals surface area contributed by atoms with Crippen molar-refractivity contribution in [1.82, 2.24) is 5.32 Å². The van der Waals surface area contributed by atoms with Gasteiger partial charge in [-0.2, -0.15) is 0 Å². The van der Waals surface area contributed by atoms with Gasteiger partial charge in [0.25, 0.3) is 0 Å². The molecule has 0 heterocycles. The van der Waals surface area contributed by atoms with Crippen LogP contribution in [0.4, 0.5) is 0 Å². The number of allylic oxidation sites excluding steroid dienone is 4. The van der Waals surface area contributed by atoms with Crippen LogP contribution in [0, 0.1) is 0 Å². The number of carbonyl (C=O) groups is 2. The predicted molar refractivity (Wildman–Crippen MR) is 264 cm³/mol. The van der Waals surface area contributed by atoms with Gasteiger partial charge in [0.1, 0.15) is 0 Å². The summed E-state index contributed by atoms with van der Waals surface area (Å²) in [5.74, 6) is -0.0903. The molecule has 2 unspecified atom stereocenters. The van der Waals surface area contributed by atoms with Crippen LogP contribution in [0.25, 0.3) is 0 Å². The highest BCUT2D eigenvalue weighted by atomic mass is 16.5. The summed E-state index contributed by atoms with van der Waals surface area (Å²) in [4.78, 5) is 24.5. The fourth-order valence-corrected chi connectivity index (χ4v) is 8.32. The van der Waals surface area contributed by atoms with E-state index >= 15 is 0 Å². The van der Waals surface area contributed by atoms with Crippen LogP contribution in [0.2, 0.25) is 0 Å². The molecule has 0 aromatic heterocycles. The summed E-state index contributed by atoms with van der Waals surface area (Å²) in [6.07, 6.45) is 60.1. The molecule has 360 valence electrons. The molecule has 0 saturated heterocycles.